The fourth-order valence-electron chi connectivity index (χ4n) is 2.61. The van der Waals surface area contributed by atoms with Crippen molar-refractivity contribution in [3.63, 3.8) is 0 Å². The third-order valence-corrected chi connectivity index (χ3v) is 4.35. The highest BCUT2D eigenvalue weighted by molar-refractivity contribution is 5.94. The summed E-state index contributed by atoms with van der Waals surface area (Å²) in [5.74, 6) is 0.773. The van der Waals surface area contributed by atoms with Gasteiger partial charge in [-0.05, 0) is 38.8 Å². The van der Waals surface area contributed by atoms with Gasteiger partial charge in [0, 0.05) is 18.4 Å². The van der Waals surface area contributed by atoms with Gasteiger partial charge in [0.2, 0.25) is 5.60 Å². The summed E-state index contributed by atoms with van der Waals surface area (Å²) in [4.78, 5) is 17.6. The molecule has 0 unspecified atom stereocenters. The third kappa shape index (κ3) is 3.24. The van der Waals surface area contributed by atoms with Gasteiger partial charge in [0.15, 0.2) is 0 Å². The molecular weight excluding hydrogens is 280 g/mol. The van der Waals surface area contributed by atoms with Crippen molar-refractivity contribution in [2.75, 3.05) is 13.2 Å². The number of carbonyl (C=O) groups is 1. The summed E-state index contributed by atoms with van der Waals surface area (Å²) in [5, 5.41) is 6.89. The van der Waals surface area contributed by atoms with Crippen molar-refractivity contribution in [3.8, 4) is 5.75 Å². The molecule has 0 saturated heterocycles. The average molecular weight is 302 g/mol. The SMILES string of the molecule is CC1=NO[C@](C)(C(=O)NCC2(COc3ccccc3)CC2)C1. The van der Waals surface area contributed by atoms with Gasteiger partial charge in [-0.25, -0.2) is 0 Å². The second kappa shape index (κ2) is 5.63. The molecule has 1 atom stereocenters. The Morgan fingerprint density at radius 1 is 1.36 bits per heavy atom. The normalized spacial score (nSPS) is 25.1. The van der Waals surface area contributed by atoms with Crippen LogP contribution in [-0.2, 0) is 9.63 Å². The standard InChI is InChI=1S/C17H22N2O3/c1-13-10-16(2,22-19-13)15(20)18-11-17(8-9-17)12-21-14-6-4-3-5-7-14/h3-7H,8-12H2,1-2H3,(H,18,20)/t16-/m0/s1. The molecule has 1 fully saturated rings. The van der Waals surface area contributed by atoms with Crippen molar-refractivity contribution in [3.05, 3.63) is 30.3 Å². The number of carbonyl (C=O) groups excluding carboxylic acids is 1. The molecule has 0 spiro atoms. The molecule has 0 aromatic heterocycles. The van der Waals surface area contributed by atoms with E-state index in [-0.39, 0.29) is 11.3 Å². The zero-order valence-corrected chi connectivity index (χ0v) is 13.1. The van der Waals surface area contributed by atoms with E-state index in [1.165, 1.54) is 0 Å². The van der Waals surface area contributed by atoms with Crippen LogP contribution in [0.5, 0.6) is 5.75 Å². The lowest BCUT2D eigenvalue weighted by molar-refractivity contribution is -0.142. The molecule has 1 aromatic rings. The van der Waals surface area contributed by atoms with Gasteiger partial charge >= 0.3 is 0 Å². The number of rotatable bonds is 6. The monoisotopic (exact) mass is 302 g/mol. The van der Waals surface area contributed by atoms with E-state index in [9.17, 15) is 4.79 Å². The fraction of sp³-hybridized carbons (Fsp3) is 0.529. The van der Waals surface area contributed by atoms with Crippen molar-refractivity contribution in [1.82, 2.24) is 5.32 Å². The molecule has 5 nitrogen and oxygen atoms in total. The van der Waals surface area contributed by atoms with Crippen molar-refractivity contribution < 1.29 is 14.4 Å². The van der Waals surface area contributed by atoms with E-state index in [1.54, 1.807) is 6.92 Å². The van der Waals surface area contributed by atoms with Crippen LogP contribution in [-0.4, -0.2) is 30.4 Å². The Balaban J connectivity index is 1.48. The van der Waals surface area contributed by atoms with Crippen LogP contribution < -0.4 is 10.1 Å². The van der Waals surface area contributed by atoms with Gasteiger partial charge < -0.3 is 14.9 Å². The number of hydrogen-bond acceptors (Lipinski definition) is 4. The first-order valence-corrected chi connectivity index (χ1v) is 7.69. The quantitative estimate of drug-likeness (QED) is 0.878. The predicted molar refractivity (Wildman–Crippen MR) is 83.8 cm³/mol. The number of nitrogens with zero attached hydrogens (tertiary/aromatic N) is 1. The lowest BCUT2D eigenvalue weighted by atomic mass is 9.99. The Kier molecular flexibility index (Phi) is 3.81. The van der Waals surface area contributed by atoms with Gasteiger partial charge in [0.05, 0.1) is 12.3 Å². The summed E-state index contributed by atoms with van der Waals surface area (Å²) in [6, 6.07) is 9.77. The number of para-hydroxylation sites is 1. The Bertz CT molecular complexity index is 581. The van der Waals surface area contributed by atoms with Gasteiger partial charge in [-0.3, -0.25) is 4.79 Å². The van der Waals surface area contributed by atoms with Gasteiger partial charge in [-0.2, -0.15) is 0 Å². The van der Waals surface area contributed by atoms with Crippen molar-refractivity contribution in [2.24, 2.45) is 10.6 Å². The molecule has 2 aliphatic rings. The largest absolute Gasteiger partial charge is 0.493 e. The molecular formula is C17H22N2O3. The molecule has 1 N–H and O–H groups in total. The first-order valence-electron chi connectivity index (χ1n) is 7.69. The molecule has 118 valence electrons. The highest BCUT2D eigenvalue weighted by Crippen LogP contribution is 2.45. The molecule has 1 heterocycles. The Morgan fingerprint density at radius 2 is 2.09 bits per heavy atom. The molecule has 0 bridgehead atoms. The van der Waals surface area contributed by atoms with Gasteiger partial charge in [-0.15, -0.1) is 0 Å². The molecule has 1 saturated carbocycles. The van der Waals surface area contributed by atoms with Crippen LogP contribution in [0.2, 0.25) is 0 Å². The van der Waals surface area contributed by atoms with Crippen LogP contribution >= 0.6 is 0 Å². The molecule has 0 radical (unpaired) electrons. The van der Waals surface area contributed by atoms with Crippen LogP contribution in [0.1, 0.15) is 33.1 Å². The molecule has 1 aliphatic carbocycles. The topological polar surface area (TPSA) is 59.9 Å². The van der Waals surface area contributed by atoms with Gasteiger partial charge in [0.25, 0.3) is 5.91 Å². The van der Waals surface area contributed by atoms with E-state index in [2.05, 4.69) is 10.5 Å². The lowest BCUT2D eigenvalue weighted by Crippen LogP contribution is -2.47. The zero-order valence-electron chi connectivity index (χ0n) is 13.1. The van der Waals surface area contributed by atoms with E-state index < -0.39 is 5.60 Å². The molecule has 1 aromatic carbocycles. The van der Waals surface area contributed by atoms with Crippen LogP contribution in [0.15, 0.2) is 35.5 Å². The van der Waals surface area contributed by atoms with E-state index in [1.807, 2.05) is 37.3 Å². The first-order chi connectivity index (χ1) is 10.5. The second-order valence-electron chi connectivity index (χ2n) is 6.61. The minimum atomic E-state index is -0.861. The Hall–Kier alpha value is -2.04. The number of nitrogens with one attached hydrogen (secondary N) is 1. The predicted octanol–water partition coefficient (Wildman–Crippen LogP) is 2.52. The van der Waals surface area contributed by atoms with E-state index >= 15 is 0 Å². The number of oxime groups is 1. The molecule has 1 aliphatic heterocycles. The smallest absolute Gasteiger partial charge is 0.267 e. The van der Waals surface area contributed by atoms with Gasteiger partial charge in [-0.1, -0.05) is 23.4 Å². The van der Waals surface area contributed by atoms with Crippen LogP contribution in [0.25, 0.3) is 0 Å². The summed E-state index contributed by atoms with van der Waals surface area (Å²) in [6.07, 6.45) is 2.70. The van der Waals surface area contributed by atoms with Crippen LogP contribution in [0, 0.1) is 5.41 Å². The number of amides is 1. The zero-order chi connectivity index (χ0) is 15.6. The second-order valence-corrected chi connectivity index (χ2v) is 6.61. The molecule has 22 heavy (non-hydrogen) atoms. The lowest BCUT2D eigenvalue weighted by Gasteiger charge is -2.23. The summed E-state index contributed by atoms with van der Waals surface area (Å²) < 4.78 is 5.83. The minimum absolute atomic E-state index is 0.0658. The minimum Gasteiger partial charge on any atom is -0.493 e. The molecule has 5 heteroatoms. The maximum Gasteiger partial charge on any atom is 0.267 e. The maximum atomic E-state index is 12.3. The number of hydrogen-bond donors (Lipinski definition) is 1. The third-order valence-electron chi connectivity index (χ3n) is 4.35. The van der Waals surface area contributed by atoms with Crippen LogP contribution in [0.3, 0.4) is 0 Å². The van der Waals surface area contributed by atoms with E-state index in [0.29, 0.717) is 19.6 Å². The first kappa shape index (κ1) is 14.9. The fourth-order valence-corrected chi connectivity index (χ4v) is 2.61. The highest BCUT2D eigenvalue weighted by Gasteiger charge is 2.46. The highest BCUT2D eigenvalue weighted by atomic mass is 16.7. The summed E-state index contributed by atoms with van der Waals surface area (Å²) in [6.45, 7) is 4.90. The van der Waals surface area contributed by atoms with Crippen molar-refractivity contribution in [2.45, 2.75) is 38.7 Å². The van der Waals surface area contributed by atoms with E-state index in [4.69, 9.17) is 9.57 Å². The Morgan fingerprint density at radius 3 is 2.68 bits per heavy atom. The molecule has 3 rings (SSSR count). The van der Waals surface area contributed by atoms with Crippen molar-refractivity contribution in [1.29, 1.82) is 0 Å². The van der Waals surface area contributed by atoms with Crippen molar-refractivity contribution >= 4 is 11.6 Å². The maximum absolute atomic E-state index is 12.3. The van der Waals surface area contributed by atoms with Crippen LogP contribution in [0.4, 0.5) is 0 Å². The average Bonchev–Trinajstić information content (AvgIpc) is 3.22. The summed E-state index contributed by atoms with van der Waals surface area (Å²) >= 11 is 0. The van der Waals surface area contributed by atoms with Gasteiger partial charge in [0.1, 0.15) is 5.75 Å². The Labute approximate surface area is 130 Å². The summed E-state index contributed by atoms with van der Waals surface area (Å²) in [7, 11) is 0. The summed E-state index contributed by atoms with van der Waals surface area (Å²) in [5.41, 5.74) is 0.0581. The number of benzene rings is 1. The number of ether oxygens (including phenoxy) is 1. The molecule has 1 amide bonds. The van der Waals surface area contributed by atoms with E-state index in [0.717, 1.165) is 24.3 Å².